The van der Waals surface area contributed by atoms with Crippen molar-refractivity contribution < 1.29 is 9.84 Å². The second kappa shape index (κ2) is 7.16. The summed E-state index contributed by atoms with van der Waals surface area (Å²) >= 11 is 6.02. The van der Waals surface area contributed by atoms with Crippen LogP contribution in [-0.2, 0) is 6.54 Å². The zero-order valence-corrected chi connectivity index (χ0v) is 12.9. The molecule has 0 spiro atoms. The molecule has 1 saturated heterocycles. The van der Waals surface area contributed by atoms with Crippen LogP contribution in [0.5, 0.6) is 11.5 Å². The average Bonchev–Trinajstić information content (AvgIpc) is 2.44. The number of hydrogen-bond donors (Lipinski definition) is 2. The van der Waals surface area contributed by atoms with E-state index in [1.165, 1.54) is 33.0 Å². The molecule has 1 aliphatic rings. The number of benzene rings is 1. The third kappa shape index (κ3) is 4.01. The normalized spacial score (nSPS) is 17.4. The molecule has 1 aromatic rings. The van der Waals surface area contributed by atoms with E-state index in [-0.39, 0.29) is 5.75 Å². The topological polar surface area (TPSA) is 44.7 Å². The fourth-order valence-corrected chi connectivity index (χ4v) is 2.83. The first kappa shape index (κ1) is 15.4. The molecule has 2 N–H and O–H groups in total. The number of rotatable bonds is 5. The Morgan fingerprint density at radius 2 is 2.10 bits per heavy atom. The predicted octanol–water partition coefficient (Wildman–Crippen LogP) is 2.49. The third-order valence-electron chi connectivity index (χ3n) is 3.93. The fraction of sp³-hybridized carbons (Fsp3) is 0.600. The number of phenolic OH excluding ortho intramolecular Hbond substituents is 1. The standard InChI is InChI=1S/C15H23ClN2O2/c1-18-5-3-11(4-6-18)9-17-10-12-7-13(16)8-14(20-2)15(12)19/h7-8,11,17,19H,3-6,9-10H2,1-2H3. The van der Waals surface area contributed by atoms with Gasteiger partial charge in [0.2, 0.25) is 0 Å². The van der Waals surface area contributed by atoms with Crippen LogP contribution >= 0.6 is 11.6 Å². The molecule has 0 atom stereocenters. The number of methoxy groups -OCH3 is 1. The lowest BCUT2D eigenvalue weighted by atomic mass is 9.97. The van der Waals surface area contributed by atoms with Gasteiger partial charge in [-0.05, 0) is 51.5 Å². The molecule has 20 heavy (non-hydrogen) atoms. The number of likely N-dealkylation sites (tertiary alicyclic amines) is 1. The number of nitrogens with zero attached hydrogens (tertiary/aromatic N) is 1. The van der Waals surface area contributed by atoms with E-state index in [1.807, 2.05) is 0 Å². The predicted molar refractivity (Wildman–Crippen MR) is 81.6 cm³/mol. The van der Waals surface area contributed by atoms with Crippen LogP contribution in [0.2, 0.25) is 5.02 Å². The van der Waals surface area contributed by atoms with Crippen LogP contribution in [-0.4, -0.2) is 43.8 Å². The highest BCUT2D eigenvalue weighted by Crippen LogP contribution is 2.33. The molecule has 0 aromatic heterocycles. The highest BCUT2D eigenvalue weighted by molar-refractivity contribution is 6.30. The highest BCUT2D eigenvalue weighted by Gasteiger charge is 2.16. The Balaban J connectivity index is 1.86. The molecule has 112 valence electrons. The van der Waals surface area contributed by atoms with Gasteiger partial charge in [-0.15, -0.1) is 0 Å². The van der Waals surface area contributed by atoms with Crippen LogP contribution in [0.25, 0.3) is 0 Å². The van der Waals surface area contributed by atoms with Crippen LogP contribution in [0.4, 0.5) is 0 Å². The number of phenols is 1. The molecular formula is C15H23ClN2O2. The monoisotopic (exact) mass is 298 g/mol. The van der Waals surface area contributed by atoms with Gasteiger partial charge in [0.05, 0.1) is 7.11 Å². The van der Waals surface area contributed by atoms with E-state index in [0.717, 1.165) is 18.0 Å². The van der Waals surface area contributed by atoms with E-state index in [4.69, 9.17) is 16.3 Å². The van der Waals surface area contributed by atoms with Gasteiger partial charge in [-0.1, -0.05) is 11.6 Å². The summed E-state index contributed by atoms with van der Waals surface area (Å²) in [6, 6.07) is 3.40. The molecular weight excluding hydrogens is 276 g/mol. The maximum atomic E-state index is 10.1. The first-order chi connectivity index (χ1) is 9.60. The van der Waals surface area contributed by atoms with E-state index >= 15 is 0 Å². The Hall–Kier alpha value is -0.970. The first-order valence-electron chi connectivity index (χ1n) is 7.04. The van der Waals surface area contributed by atoms with Crippen molar-refractivity contribution >= 4 is 11.6 Å². The van der Waals surface area contributed by atoms with E-state index in [2.05, 4.69) is 17.3 Å². The van der Waals surface area contributed by atoms with Gasteiger partial charge >= 0.3 is 0 Å². The van der Waals surface area contributed by atoms with Gasteiger partial charge in [0.25, 0.3) is 0 Å². The largest absolute Gasteiger partial charge is 0.504 e. The second-order valence-electron chi connectivity index (χ2n) is 5.49. The number of nitrogens with one attached hydrogen (secondary N) is 1. The Labute approximate surface area is 125 Å². The summed E-state index contributed by atoms with van der Waals surface area (Å²) in [6.45, 7) is 3.92. The molecule has 0 saturated carbocycles. The van der Waals surface area contributed by atoms with Crippen molar-refractivity contribution in [2.24, 2.45) is 5.92 Å². The van der Waals surface area contributed by atoms with Crippen molar-refractivity contribution in [2.45, 2.75) is 19.4 Å². The maximum Gasteiger partial charge on any atom is 0.162 e. The van der Waals surface area contributed by atoms with E-state index in [9.17, 15) is 5.11 Å². The van der Waals surface area contributed by atoms with Crippen molar-refractivity contribution in [1.29, 1.82) is 0 Å². The Bertz CT molecular complexity index is 446. The van der Waals surface area contributed by atoms with Crippen molar-refractivity contribution in [3.63, 3.8) is 0 Å². The van der Waals surface area contributed by atoms with Gasteiger partial charge in [0, 0.05) is 23.2 Å². The minimum Gasteiger partial charge on any atom is -0.504 e. The molecule has 0 aliphatic carbocycles. The molecule has 4 nitrogen and oxygen atoms in total. The smallest absolute Gasteiger partial charge is 0.162 e. The minimum absolute atomic E-state index is 0.174. The molecule has 1 aromatic carbocycles. The number of piperidine rings is 1. The summed E-state index contributed by atoms with van der Waals surface area (Å²) in [4.78, 5) is 2.37. The molecule has 0 unspecified atom stereocenters. The zero-order chi connectivity index (χ0) is 14.5. The van der Waals surface area contributed by atoms with E-state index in [0.29, 0.717) is 17.3 Å². The summed E-state index contributed by atoms with van der Waals surface area (Å²) in [5.74, 6) is 1.32. The van der Waals surface area contributed by atoms with Gasteiger partial charge in [-0.2, -0.15) is 0 Å². The molecule has 5 heteroatoms. The lowest BCUT2D eigenvalue weighted by molar-refractivity contribution is 0.216. The van der Waals surface area contributed by atoms with Crippen molar-refractivity contribution in [3.8, 4) is 11.5 Å². The quantitative estimate of drug-likeness (QED) is 0.877. The second-order valence-corrected chi connectivity index (χ2v) is 5.93. The molecule has 2 rings (SSSR count). The summed E-state index contributed by atoms with van der Waals surface area (Å²) in [7, 11) is 3.70. The summed E-state index contributed by atoms with van der Waals surface area (Å²) in [5, 5.41) is 14.0. The minimum atomic E-state index is 0.174. The Morgan fingerprint density at radius 3 is 2.75 bits per heavy atom. The Kier molecular flexibility index (Phi) is 5.52. The maximum absolute atomic E-state index is 10.1. The van der Waals surface area contributed by atoms with Crippen molar-refractivity contribution in [2.75, 3.05) is 33.8 Å². The van der Waals surface area contributed by atoms with Crippen molar-refractivity contribution in [3.05, 3.63) is 22.7 Å². The zero-order valence-electron chi connectivity index (χ0n) is 12.2. The average molecular weight is 299 g/mol. The lowest BCUT2D eigenvalue weighted by Gasteiger charge is -2.29. The third-order valence-corrected chi connectivity index (χ3v) is 4.14. The molecule has 1 fully saturated rings. The van der Waals surface area contributed by atoms with Crippen LogP contribution in [0.1, 0.15) is 18.4 Å². The van der Waals surface area contributed by atoms with Crippen LogP contribution < -0.4 is 10.1 Å². The van der Waals surface area contributed by atoms with Gasteiger partial charge in [0.15, 0.2) is 11.5 Å². The summed E-state index contributed by atoms with van der Waals surface area (Å²) in [5.41, 5.74) is 0.780. The van der Waals surface area contributed by atoms with Gasteiger partial charge in [-0.25, -0.2) is 0 Å². The van der Waals surface area contributed by atoms with Crippen LogP contribution in [0.15, 0.2) is 12.1 Å². The van der Waals surface area contributed by atoms with E-state index in [1.54, 1.807) is 12.1 Å². The summed E-state index contributed by atoms with van der Waals surface area (Å²) in [6.07, 6.45) is 2.46. The van der Waals surface area contributed by atoms with Gasteiger partial charge in [-0.3, -0.25) is 0 Å². The fourth-order valence-electron chi connectivity index (χ4n) is 2.60. The molecule has 1 heterocycles. The highest BCUT2D eigenvalue weighted by atomic mass is 35.5. The van der Waals surface area contributed by atoms with Crippen molar-refractivity contribution in [1.82, 2.24) is 10.2 Å². The van der Waals surface area contributed by atoms with Gasteiger partial charge < -0.3 is 20.1 Å². The number of aromatic hydroxyl groups is 1. The number of hydrogen-bond acceptors (Lipinski definition) is 4. The van der Waals surface area contributed by atoms with Crippen LogP contribution in [0, 0.1) is 5.92 Å². The summed E-state index contributed by atoms with van der Waals surface area (Å²) < 4.78 is 5.11. The Morgan fingerprint density at radius 1 is 1.40 bits per heavy atom. The SMILES string of the molecule is COc1cc(Cl)cc(CNCC2CCN(C)CC2)c1O. The number of halogens is 1. The van der Waals surface area contributed by atoms with E-state index < -0.39 is 0 Å². The lowest BCUT2D eigenvalue weighted by Crippen LogP contribution is -2.34. The molecule has 1 aliphatic heterocycles. The molecule has 0 radical (unpaired) electrons. The molecule has 0 bridgehead atoms. The van der Waals surface area contributed by atoms with Crippen LogP contribution in [0.3, 0.4) is 0 Å². The molecule has 0 amide bonds. The van der Waals surface area contributed by atoms with Gasteiger partial charge in [0.1, 0.15) is 0 Å². The first-order valence-corrected chi connectivity index (χ1v) is 7.42. The number of ether oxygens (including phenoxy) is 1.